The van der Waals surface area contributed by atoms with Crippen LogP contribution in [0.2, 0.25) is 0 Å². The van der Waals surface area contributed by atoms with E-state index in [1.807, 2.05) is 30.3 Å². The summed E-state index contributed by atoms with van der Waals surface area (Å²) in [6, 6.07) is 8.59. The molecule has 0 amide bonds. The average molecular weight is 312 g/mol. The number of fused-ring (bicyclic) bond motifs is 1. The molecule has 3 rings (SSSR count). The number of nitrogens with zero attached hydrogens (tertiary/aromatic N) is 3. The van der Waals surface area contributed by atoms with Gasteiger partial charge in [0, 0.05) is 13.3 Å². The van der Waals surface area contributed by atoms with Gasteiger partial charge in [-0.05, 0) is 12.5 Å². The smallest absolute Gasteiger partial charge is 0.326 e. The lowest BCUT2D eigenvalue weighted by molar-refractivity contribution is -0.137. The first-order valence-electron chi connectivity index (χ1n) is 7.18. The van der Waals surface area contributed by atoms with Crippen molar-refractivity contribution in [3.63, 3.8) is 0 Å². The van der Waals surface area contributed by atoms with E-state index in [4.69, 9.17) is 4.42 Å². The predicted octanol–water partition coefficient (Wildman–Crippen LogP) is 2.34. The maximum Gasteiger partial charge on any atom is 0.326 e. The topological polar surface area (TPSA) is 101 Å². The van der Waals surface area contributed by atoms with E-state index in [1.54, 1.807) is 13.8 Å². The van der Waals surface area contributed by atoms with Gasteiger partial charge in [0.15, 0.2) is 17.2 Å². The highest BCUT2D eigenvalue weighted by Crippen LogP contribution is 2.21. The zero-order valence-electron chi connectivity index (χ0n) is 12.8. The van der Waals surface area contributed by atoms with Gasteiger partial charge in [-0.15, -0.1) is 0 Å². The summed E-state index contributed by atoms with van der Waals surface area (Å²) >= 11 is 0. The summed E-state index contributed by atoms with van der Waals surface area (Å²) in [6.45, 7) is 3.43. The molecule has 7 nitrogen and oxygen atoms in total. The van der Waals surface area contributed by atoms with E-state index in [0.29, 0.717) is 35.2 Å². The second kappa shape index (κ2) is 6.04. The lowest BCUT2D eigenvalue weighted by atomic mass is 10.1. The number of benzene rings is 1. The van der Waals surface area contributed by atoms with E-state index in [1.165, 1.54) is 0 Å². The van der Waals surface area contributed by atoms with E-state index in [0.717, 1.165) is 5.56 Å². The first kappa shape index (κ1) is 15.0. The summed E-state index contributed by atoms with van der Waals surface area (Å²) < 4.78 is 5.40. The Morgan fingerprint density at radius 1 is 1.22 bits per heavy atom. The minimum Gasteiger partial charge on any atom is -0.480 e. The Balaban J connectivity index is 1.93. The van der Waals surface area contributed by atoms with Crippen LogP contribution in [-0.2, 0) is 11.2 Å². The molecule has 0 unspecified atom stereocenters. The van der Waals surface area contributed by atoms with Gasteiger partial charge < -0.3 is 14.8 Å². The fraction of sp³-hybridized carbons (Fsp3) is 0.250. The number of rotatable bonds is 5. The first-order chi connectivity index (χ1) is 11.0. The molecule has 2 N–H and O–H groups in total. The number of oxazole rings is 1. The summed E-state index contributed by atoms with van der Waals surface area (Å²) in [5, 5.41) is 12.4. The maximum atomic E-state index is 11.6. The molecule has 7 heteroatoms. The van der Waals surface area contributed by atoms with Gasteiger partial charge in [0.25, 0.3) is 5.71 Å². The predicted molar refractivity (Wildman–Crippen MR) is 84.3 cm³/mol. The van der Waals surface area contributed by atoms with Crippen LogP contribution in [0.5, 0.6) is 0 Å². The number of anilines is 1. The van der Waals surface area contributed by atoms with E-state index < -0.39 is 12.0 Å². The molecule has 0 aliphatic carbocycles. The molecular formula is C16H16N4O3. The van der Waals surface area contributed by atoms with E-state index in [9.17, 15) is 9.90 Å². The molecule has 0 saturated heterocycles. The Bertz CT molecular complexity index is 845. The van der Waals surface area contributed by atoms with Gasteiger partial charge in [0.1, 0.15) is 11.9 Å². The Kier molecular flexibility index (Phi) is 3.92. The normalized spacial score (nSPS) is 12.3. The van der Waals surface area contributed by atoms with Crippen molar-refractivity contribution in [1.29, 1.82) is 0 Å². The van der Waals surface area contributed by atoms with Crippen molar-refractivity contribution in [3.05, 3.63) is 47.6 Å². The van der Waals surface area contributed by atoms with E-state index >= 15 is 0 Å². The van der Waals surface area contributed by atoms with Crippen molar-refractivity contribution in [1.82, 2.24) is 15.0 Å². The van der Waals surface area contributed by atoms with E-state index in [2.05, 4.69) is 20.3 Å². The van der Waals surface area contributed by atoms with Gasteiger partial charge in [0.05, 0.1) is 0 Å². The number of carbonyl (C=O) groups is 1. The largest absolute Gasteiger partial charge is 0.480 e. The van der Waals surface area contributed by atoms with Crippen molar-refractivity contribution in [2.24, 2.45) is 0 Å². The number of aromatic nitrogens is 3. The standard InChI is InChI=1S/C16H16N4O3/c1-9-17-14(13-15(18-9)23-10(2)19-13)20-12(16(21)22)8-11-6-4-3-5-7-11/h3-7,12H,8H2,1-2H3,(H,21,22)(H,17,18,20)/t12-/m0/s1. The van der Waals surface area contributed by atoms with Crippen LogP contribution in [-0.4, -0.2) is 32.1 Å². The Labute approximate surface area is 132 Å². The van der Waals surface area contributed by atoms with Crippen molar-refractivity contribution >= 4 is 23.0 Å². The molecule has 3 aromatic rings. The number of hydrogen-bond donors (Lipinski definition) is 2. The summed E-state index contributed by atoms with van der Waals surface area (Å²) in [6.07, 6.45) is 0.331. The molecule has 1 aromatic carbocycles. The Morgan fingerprint density at radius 2 is 1.96 bits per heavy atom. The molecule has 23 heavy (non-hydrogen) atoms. The van der Waals surface area contributed by atoms with Gasteiger partial charge in [-0.25, -0.2) is 14.8 Å². The van der Waals surface area contributed by atoms with Gasteiger partial charge in [0.2, 0.25) is 0 Å². The van der Waals surface area contributed by atoms with Crippen LogP contribution in [0.15, 0.2) is 34.7 Å². The molecule has 2 aromatic heterocycles. The molecule has 0 aliphatic heterocycles. The van der Waals surface area contributed by atoms with Gasteiger partial charge >= 0.3 is 5.97 Å². The SMILES string of the molecule is Cc1nc(N[C@@H](Cc2ccccc2)C(=O)O)c2nc(C)oc2n1. The zero-order chi connectivity index (χ0) is 16.4. The third kappa shape index (κ3) is 3.28. The monoisotopic (exact) mass is 312 g/mol. The number of carboxylic acid groups (broad SMARTS) is 1. The number of carboxylic acids is 1. The molecule has 1 atom stereocenters. The fourth-order valence-electron chi connectivity index (χ4n) is 2.35. The molecular weight excluding hydrogens is 296 g/mol. The molecule has 2 heterocycles. The number of hydrogen-bond acceptors (Lipinski definition) is 6. The molecule has 118 valence electrons. The minimum absolute atomic E-state index is 0.331. The van der Waals surface area contributed by atoms with Crippen LogP contribution >= 0.6 is 0 Å². The number of aliphatic carboxylic acids is 1. The second-order valence-corrected chi connectivity index (χ2v) is 5.23. The van der Waals surface area contributed by atoms with Crippen molar-refractivity contribution in [3.8, 4) is 0 Å². The summed E-state index contributed by atoms with van der Waals surface area (Å²) in [5.74, 6) is 0.351. The third-order valence-electron chi connectivity index (χ3n) is 3.37. The minimum atomic E-state index is -0.960. The fourth-order valence-corrected chi connectivity index (χ4v) is 2.35. The lowest BCUT2D eigenvalue weighted by Crippen LogP contribution is -2.32. The van der Waals surface area contributed by atoms with Crippen LogP contribution in [0.1, 0.15) is 17.3 Å². The Hall–Kier alpha value is -2.96. The average Bonchev–Trinajstić information content (AvgIpc) is 2.87. The highest BCUT2D eigenvalue weighted by atomic mass is 16.4. The van der Waals surface area contributed by atoms with Crippen molar-refractivity contribution in [2.45, 2.75) is 26.3 Å². The molecule has 0 radical (unpaired) electrons. The van der Waals surface area contributed by atoms with Crippen molar-refractivity contribution < 1.29 is 14.3 Å². The first-order valence-corrected chi connectivity index (χ1v) is 7.18. The van der Waals surface area contributed by atoms with Crippen LogP contribution in [0, 0.1) is 13.8 Å². The summed E-state index contributed by atoms with van der Waals surface area (Å²) in [7, 11) is 0. The van der Waals surface area contributed by atoms with Gasteiger partial charge in [-0.1, -0.05) is 30.3 Å². The maximum absolute atomic E-state index is 11.6. The summed E-state index contributed by atoms with van der Waals surface area (Å²) in [4.78, 5) is 24.2. The molecule has 0 fully saturated rings. The molecule has 0 spiro atoms. The van der Waals surface area contributed by atoms with Crippen LogP contribution in [0.3, 0.4) is 0 Å². The summed E-state index contributed by atoms with van der Waals surface area (Å²) in [5.41, 5.74) is 1.71. The third-order valence-corrected chi connectivity index (χ3v) is 3.37. The highest BCUT2D eigenvalue weighted by Gasteiger charge is 2.21. The van der Waals surface area contributed by atoms with Gasteiger partial charge in [-0.3, -0.25) is 0 Å². The molecule has 0 saturated carbocycles. The van der Waals surface area contributed by atoms with Crippen LogP contribution < -0.4 is 5.32 Å². The lowest BCUT2D eigenvalue weighted by Gasteiger charge is -2.15. The second-order valence-electron chi connectivity index (χ2n) is 5.23. The quantitative estimate of drug-likeness (QED) is 0.745. The van der Waals surface area contributed by atoms with Gasteiger partial charge in [-0.2, -0.15) is 4.98 Å². The van der Waals surface area contributed by atoms with E-state index in [-0.39, 0.29) is 0 Å². The Morgan fingerprint density at radius 3 is 2.65 bits per heavy atom. The number of nitrogens with one attached hydrogen (secondary N) is 1. The molecule has 0 bridgehead atoms. The number of aryl methyl sites for hydroxylation is 2. The zero-order valence-corrected chi connectivity index (χ0v) is 12.8. The van der Waals surface area contributed by atoms with Crippen LogP contribution in [0.4, 0.5) is 5.82 Å². The van der Waals surface area contributed by atoms with Crippen molar-refractivity contribution in [2.75, 3.05) is 5.32 Å². The molecule has 0 aliphatic rings. The van der Waals surface area contributed by atoms with Crippen LogP contribution in [0.25, 0.3) is 11.2 Å². The highest BCUT2D eigenvalue weighted by molar-refractivity contribution is 5.85.